The zero-order valence-corrected chi connectivity index (χ0v) is 18.4. The predicted octanol–water partition coefficient (Wildman–Crippen LogP) is 1.08. The van der Waals surface area contributed by atoms with E-state index in [0.29, 0.717) is 18.5 Å². The van der Waals surface area contributed by atoms with Crippen LogP contribution in [0.2, 0.25) is 0 Å². The van der Waals surface area contributed by atoms with Crippen molar-refractivity contribution in [2.24, 2.45) is 11.8 Å². The number of piperidine rings is 3. The van der Waals surface area contributed by atoms with Crippen molar-refractivity contribution in [2.75, 3.05) is 70.6 Å². The van der Waals surface area contributed by atoms with Crippen molar-refractivity contribution in [1.82, 2.24) is 14.5 Å². The van der Waals surface area contributed by atoms with Gasteiger partial charge in [0.25, 0.3) is 0 Å². The third kappa shape index (κ3) is 5.05. The van der Waals surface area contributed by atoms with Gasteiger partial charge in [-0.05, 0) is 43.4 Å². The maximum absolute atomic E-state index is 11.4. The van der Waals surface area contributed by atoms with E-state index >= 15 is 0 Å². The Kier molecular flexibility index (Phi) is 6.34. The first-order valence-corrected chi connectivity index (χ1v) is 12.6. The lowest BCUT2D eigenvalue weighted by atomic mass is 9.75. The van der Waals surface area contributed by atoms with Crippen molar-refractivity contribution < 1.29 is 13.2 Å². The molecule has 4 aliphatic rings. The second-order valence-corrected chi connectivity index (χ2v) is 10.6. The minimum Gasteiger partial charge on any atom is -0.495 e. The van der Waals surface area contributed by atoms with Gasteiger partial charge in [0.2, 0.25) is 10.0 Å². The molecular weight excluding hydrogens is 388 g/mol. The van der Waals surface area contributed by atoms with Gasteiger partial charge >= 0.3 is 0 Å². The number of para-hydroxylation sites is 2. The molecule has 1 aromatic rings. The lowest BCUT2D eigenvalue weighted by Crippen LogP contribution is -2.59. The van der Waals surface area contributed by atoms with Gasteiger partial charge in [-0.3, -0.25) is 9.80 Å². The topological polar surface area (TPSA) is 65.1 Å². The number of piperazine rings is 1. The lowest BCUT2D eigenvalue weighted by molar-refractivity contribution is -0.0107. The molecular formula is C21H34N4O3S. The first-order valence-electron chi connectivity index (χ1n) is 10.7. The zero-order chi connectivity index (χ0) is 20.4. The number of methoxy groups -OCH3 is 1. The molecule has 4 aliphatic heterocycles. The Bertz CT molecular complexity index is 795. The van der Waals surface area contributed by atoms with Crippen molar-refractivity contribution in [3.05, 3.63) is 24.3 Å². The fourth-order valence-electron chi connectivity index (χ4n) is 5.31. The summed E-state index contributed by atoms with van der Waals surface area (Å²) in [7, 11) is -1.37. The summed E-state index contributed by atoms with van der Waals surface area (Å²) in [6.45, 7) is 8.16. The number of hydrogen-bond donors (Lipinski definition) is 1. The fourth-order valence-corrected chi connectivity index (χ4v) is 5.81. The highest BCUT2D eigenvalue weighted by Crippen LogP contribution is 2.37. The fraction of sp³-hybridized carbons (Fsp3) is 0.714. The lowest BCUT2D eigenvalue weighted by Gasteiger charge is -2.51. The molecule has 4 atom stereocenters. The summed E-state index contributed by atoms with van der Waals surface area (Å²) in [6.07, 6.45) is 3.62. The van der Waals surface area contributed by atoms with Crippen LogP contribution in [0, 0.1) is 11.8 Å². The van der Waals surface area contributed by atoms with E-state index in [2.05, 4.69) is 31.6 Å². The number of hydrogen-bond acceptors (Lipinski definition) is 6. The van der Waals surface area contributed by atoms with Gasteiger partial charge in [0.05, 0.1) is 19.1 Å². The Morgan fingerprint density at radius 3 is 2.55 bits per heavy atom. The number of benzene rings is 1. The summed E-state index contributed by atoms with van der Waals surface area (Å²) in [5.74, 6) is 2.38. The largest absolute Gasteiger partial charge is 0.495 e. The van der Waals surface area contributed by atoms with Crippen LogP contribution in [0.5, 0.6) is 5.75 Å². The number of rotatable bonds is 7. The van der Waals surface area contributed by atoms with Gasteiger partial charge in [-0.25, -0.2) is 13.1 Å². The van der Waals surface area contributed by atoms with Crippen LogP contribution in [0.15, 0.2) is 24.3 Å². The van der Waals surface area contributed by atoms with E-state index in [4.69, 9.17) is 4.74 Å². The second kappa shape index (κ2) is 8.79. The standard InChI is InChI=1S/C21H34N4O3S/c1-28-21-6-4-3-5-20(21)24-11-9-23(10-12-24)15-18-16-25-8-7-17(18)13-19(25)14-22-29(2,26)27/h3-6,17-19,22H,7-16H2,1-2H3/t17-,18-,19+/m0/s1. The Hall–Kier alpha value is -1.35. The van der Waals surface area contributed by atoms with Gasteiger partial charge in [-0.2, -0.15) is 0 Å². The normalized spacial score (nSPS) is 30.5. The van der Waals surface area contributed by atoms with Crippen molar-refractivity contribution in [1.29, 1.82) is 0 Å². The Labute approximate surface area is 175 Å². The molecule has 5 rings (SSSR count). The SMILES string of the molecule is COc1ccccc1N1CCN(C[C@H]2CN3CC[C@H]2C[C@@H]3CNS(C)(=O)=O)CC1. The van der Waals surface area contributed by atoms with Crippen LogP contribution in [0.25, 0.3) is 0 Å². The molecule has 4 saturated heterocycles. The summed E-state index contributed by atoms with van der Waals surface area (Å²) in [5, 5.41) is 0. The van der Waals surface area contributed by atoms with Gasteiger partial charge < -0.3 is 9.64 Å². The molecule has 0 aliphatic carbocycles. The molecule has 0 saturated carbocycles. The molecule has 1 unspecified atom stereocenters. The van der Waals surface area contributed by atoms with Gasteiger partial charge in [0, 0.05) is 51.9 Å². The molecule has 4 fully saturated rings. The van der Waals surface area contributed by atoms with E-state index in [9.17, 15) is 8.42 Å². The van der Waals surface area contributed by atoms with Crippen LogP contribution in [-0.4, -0.2) is 90.0 Å². The summed E-state index contributed by atoms with van der Waals surface area (Å²) < 4.78 is 31.1. The highest BCUT2D eigenvalue weighted by atomic mass is 32.2. The molecule has 0 radical (unpaired) electrons. The monoisotopic (exact) mass is 422 g/mol. The van der Waals surface area contributed by atoms with E-state index < -0.39 is 10.0 Å². The zero-order valence-electron chi connectivity index (χ0n) is 17.6. The van der Waals surface area contributed by atoms with Crippen LogP contribution in [-0.2, 0) is 10.0 Å². The molecule has 0 aromatic heterocycles. The van der Waals surface area contributed by atoms with Crippen molar-refractivity contribution >= 4 is 15.7 Å². The maximum atomic E-state index is 11.4. The Balaban J connectivity index is 1.27. The smallest absolute Gasteiger partial charge is 0.208 e. The van der Waals surface area contributed by atoms with Gasteiger partial charge in [-0.1, -0.05) is 12.1 Å². The van der Waals surface area contributed by atoms with Gasteiger partial charge in [0.15, 0.2) is 0 Å². The Morgan fingerprint density at radius 2 is 1.90 bits per heavy atom. The average Bonchev–Trinajstić information content (AvgIpc) is 2.73. The molecule has 1 aromatic carbocycles. The predicted molar refractivity (Wildman–Crippen MR) is 116 cm³/mol. The van der Waals surface area contributed by atoms with Crippen molar-refractivity contribution in [2.45, 2.75) is 18.9 Å². The number of ether oxygens (including phenoxy) is 1. The third-order valence-corrected chi connectivity index (χ3v) is 7.58. The number of nitrogens with one attached hydrogen (secondary N) is 1. The summed E-state index contributed by atoms with van der Waals surface area (Å²) >= 11 is 0. The average molecular weight is 423 g/mol. The van der Waals surface area contributed by atoms with Gasteiger partial charge in [0.1, 0.15) is 5.75 Å². The third-order valence-electron chi connectivity index (χ3n) is 6.89. The summed E-state index contributed by atoms with van der Waals surface area (Å²) in [6, 6.07) is 8.63. The Morgan fingerprint density at radius 1 is 1.14 bits per heavy atom. The number of anilines is 1. The van der Waals surface area contributed by atoms with Crippen LogP contribution in [0.1, 0.15) is 12.8 Å². The molecule has 29 heavy (non-hydrogen) atoms. The number of nitrogens with zero attached hydrogens (tertiary/aromatic N) is 3. The van der Waals surface area contributed by atoms with E-state index in [-0.39, 0.29) is 0 Å². The highest BCUT2D eigenvalue weighted by molar-refractivity contribution is 7.88. The number of fused-ring (bicyclic) bond motifs is 3. The molecule has 162 valence electrons. The first-order chi connectivity index (χ1) is 13.9. The summed E-state index contributed by atoms with van der Waals surface area (Å²) in [5.41, 5.74) is 1.19. The molecule has 0 amide bonds. The molecule has 1 N–H and O–H groups in total. The molecule has 7 nitrogen and oxygen atoms in total. The van der Waals surface area contributed by atoms with E-state index in [1.54, 1.807) is 7.11 Å². The van der Waals surface area contributed by atoms with E-state index in [1.165, 1.54) is 18.4 Å². The molecule has 4 heterocycles. The summed E-state index contributed by atoms with van der Waals surface area (Å²) in [4.78, 5) is 7.55. The van der Waals surface area contributed by atoms with Crippen molar-refractivity contribution in [3.8, 4) is 5.75 Å². The molecule has 0 spiro atoms. The molecule has 8 heteroatoms. The quantitative estimate of drug-likeness (QED) is 0.709. The van der Waals surface area contributed by atoms with Crippen LogP contribution in [0.4, 0.5) is 5.69 Å². The van der Waals surface area contributed by atoms with Crippen LogP contribution < -0.4 is 14.4 Å². The minimum atomic E-state index is -3.11. The maximum Gasteiger partial charge on any atom is 0.208 e. The van der Waals surface area contributed by atoms with E-state index in [1.807, 2.05) is 12.1 Å². The van der Waals surface area contributed by atoms with Gasteiger partial charge in [-0.15, -0.1) is 0 Å². The molecule has 2 bridgehead atoms. The van der Waals surface area contributed by atoms with Crippen LogP contribution >= 0.6 is 0 Å². The van der Waals surface area contributed by atoms with E-state index in [0.717, 1.165) is 63.9 Å². The first kappa shape index (κ1) is 20.9. The number of sulfonamides is 1. The van der Waals surface area contributed by atoms with Crippen LogP contribution in [0.3, 0.4) is 0 Å². The second-order valence-electron chi connectivity index (χ2n) is 8.77. The van der Waals surface area contributed by atoms with Crippen molar-refractivity contribution in [3.63, 3.8) is 0 Å². The highest BCUT2D eigenvalue weighted by Gasteiger charge is 2.40. The minimum absolute atomic E-state index is 0.363.